The summed E-state index contributed by atoms with van der Waals surface area (Å²) >= 11 is 0. The minimum absolute atomic E-state index is 0.159. The maximum absolute atomic E-state index is 12.7. The summed E-state index contributed by atoms with van der Waals surface area (Å²) in [7, 11) is -3.82. The number of nitrogens with zero attached hydrogens (tertiary/aromatic N) is 4. The molecule has 1 aromatic rings. The minimum Gasteiger partial charge on any atom is -0.301 e. The van der Waals surface area contributed by atoms with Crippen molar-refractivity contribution in [3.63, 3.8) is 0 Å². The highest BCUT2D eigenvalue weighted by Crippen LogP contribution is 2.29. The van der Waals surface area contributed by atoms with Gasteiger partial charge in [0.1, 0.15) is 10.6 Å². The first kappa shape index (κ1) is 19.5. The third-order valence-corrected chi connectivity index (χ3v) is 7.01. The van der Waals surface area contributed by atoms with Crippen LogP contribution in [0.2, 0.25) is 0 Å². The van der Waals surface area contributed by atoms with Crippen molar-refractivity contribution in [3.8, 4) is 0 Å². The Balaban J connectivity index is 1.66. The van der Waals surface area contributed by atoms with Gasteiger partial charge in [0.15, 0.2) is 0 Å². The van der Waals surface area contributed by atoms with E-state index in [9.17, 15) is 21.6 Å². The first-order valence-electron chi connectivity index (χ1n) is 8.71. The Hall–Kier alpha value is -1.23. The third kappa shape index (κ3) is 4.03. The molecule has 2 saturated heterocycles. The summed E-state index contributed by atoms with van der Waals surface area (Å²) in [5, 5.41) is 0. The fourth-order valence-corrected chi connectivity index (χ4v) is 4.96. The Labute approximate surface area is 151 Å². The van der Waals surface area contributed by atoms with Gasteiger partial charge >= 0.3 is 6.18 Å². The van der Waals surface area contributed by atoms with Crippen LogP contribution in [0.25, 0.3) is 0 Å². The Morgan fingerprint density at radius 2 is 1.85 bits per heavy atom. The van der Waals surface area contributed by atoms with Crippen molar-refractivity contribution >= 4 is 10.0 Å². The molecule has 146 valence electrons. The zero-order chi connectivity index (χ0) is 18.9. The molecule has 0 saturated carbocycles. The average molecular weight is 392 g/mol. The summed E-state index contributed by atoms with van der Waals surface area (Å²) in [6, 6.07) is 1.86. The molecular formula is C16H23F3N4O2S. The summed E-state index contributed by atoms with van der Waals surface area (Å²) in [5.41, 5.74) is -1.09. The fraction of sp³-hybridized carbons (Fsp3) is 0.688. The Morgan fingerprint density at radius 1 is 1.15 bits per heavy atom. The lowest BCUT2D eigenvalue weighted by Gasteiger charge is -2.37. The quantitative estimate of drug-likeness (QED) is 0.777. The minimum atomic E-state index is -4.58. The number of hydrogen-bond donors (Lipinski definition) is 0. The van der Waals surface area contributed by atoms with E-state index in [-0.39, 0.29) is 10.9 Å². The largest absolute Gasteiger partial charge is 0.433 e. The number of likely N-dealkylation sites (N-methyl/N-ethyl adjacent to an activating group) is 1. The summed E-state index contributed by atoms with van der Waals surface area (Å²) in [6.07, 6.45) is -3.05. The Kier molecular flexibility index (Phi) is 5.57. The number of hydrogen-bond acceptors (Lipinski definition) is 5. The molecule has 0 unspecified atom stereocenters. The van der Waals surface area contributed by atoms with Gasteiger partial charge in [0.25, 0.3) is 0 Å². The van der Waals surface area contributed by atoms with Gasteiger partial charge in [-0.05, 0) is 25.1 Å². The molecule has 1 atom stereocenters. The molecule has 3 heterocycles. The molecule has 6 nitrogen and oxygen atoms in total. The molecule has 10 heteroatoms. The molecule has 0 amide bonds. The molecule has 2 aliphatic rings. The summed E-state index contributed by atoms with van der Waals surface area (Å²) < 4.78 is 64.5. The summed E-state index contributed by atoms with van der Waals surface area (Å²) in [6.45, 7) is 7.66. The number of halogens is 3. The molecule has 0 N–H and O–H groups in total. The third-order valence-electron chi connectivity index (χ3n) is 5.16. The molecule has 0 bridgehead atoms. The van der Waals surface area contributed by atoms with Crippen LogP contribution in [0, 0.1) is 0 Å². The van der Waals surface area contributed by atoms with Crippen molar-refractivity contribution in [2.24, 2.45) is 0 Å². The number of aromatic nitrogens is 1. The van der Waals surface area contributed by atoms with E-state index in [0.29, 0.717) is 19.2 Å². The second-order valence-electron chi connectivity index (χ2n) is 6.65. The van der Waals surface area contributed by atoms with Crippen LogP contribution in [0.5, 0.6) is 0 Å². The van der Waals surface area contributed by atoms with Gasteiger partial charge in [-0.2, -0.15) is 17.5 Å². The van der Waals surface area contributed by atoms with Crippen LogP contribution in [-0.2, 0) is 16.2 Å². The maximum atomic E-state index is 12.7. The van der Waals surface area contributed by atoms with Crippen LogP contribution in [0.3, 0.4) is 0 Å². The van der Waals surface area contributed by atoms with Crippen LogP contribution < -0.4 is 0 Å². The van der Waals surface area contributed by atoms with Gasteiger partial charge in [0.05, 0.1) is 0 Å². The fourth-order valence-electron chi connectivity index (χ4n) is 3.52. The lowest BCUT2D eigenvalue weighted by molar-refractivity contribution is -0.141. The van der Waals surface area contributed by atoms with E-state index in [2.05, 4.69) is 21.7 Å². The molecule has 0 aromatic carbocycles. The molecule has 0 spiro atoms. The molecule has 26 heavy (non-hydrogen) atoms. The van der Waals surface area contributed by atoms with Crippen LogP contribution in [0.1, 0.15) is 19.0 Å². The maximum Gasteiger partial charge on any atom is 0.433 e. The predicted octanol–water partition coefficient (Wildman–Crippen LogP) is 1.50. The first-order chi connectivity index (χ1) is 12.2. The zero-order valence-corrected chi connectivity index (χ0v) is 15.4. The van der Waals surface area contributed by atoms with Crippen molar-refractivity contribution in [3.05, 3.63) is 24.0 Å². The number of alkyl halides is 3. The molecule has 3 rings (SSSR count). The highest BCUT2D eigenvalue weighted by atomic mass is 32.2. The van der Waals surface area contributed by atoms with Crippen molar-refractivity contribution in [1.82, 2.24) is 19.1 Å². The highest BCUT2D eigenvalue weighted by Gasteiger charge is 2.37. The van der Waals surface area contributed by atoms with Crippen molar-refractivity contribution in [2.45, 2.75) is 30.5 Å². The van der Waals surface area contributed by atoms with Gasteiger partial charge in [-0.3, -0.25) is 9.88 Å². The van der Waals surface area contributed by atoms with Gasteiger partial charge in [-0.15, -0.1) is 0 Å². The van der Waals surface area contributed by atoms with Gasteiger partial charge in [0.2, 0.25) is 10.0 Å². The van der Waals surface area contributed by atoms with Gasteiger partial charge < -0.3 is 4.90 Å². The van der Waals surface area contributed by atoms with Gasteiger partial charge in [-0.1, -0.05) is 6.92 Å². The van der Waals surface area contributed by atoms with Crippen LogP contribution >= 0.6 is 0 Å². The summed E-state index contributed by atoms with van der Waals surface area (Å²) in [4.78, 5) is 7.74. The zero-order valence-electron chi connectivity index (χ0n) is 14.6. The Morgan fingerprint density at radius 3 is 2.38 bits per heavy atom. The lowest BCUT2D eigenvalue weighted by Crippen LogP contribution is -2.51. The van der Waals surface area contributed by atoms with E-state index in [1.165, 1.54) is 4.31 Å². The molecule has 0 radical (unpaired) electrons. The van der Waals surface area contributed by atoms with E-state index in [4.69, 9.17) is 0 Å². The second kappa shape index (κ2) is 7.41. The van der Waals surface area contributed by atoms with E-state index in [0.717, 1.165) is 51.4 Å². The van der Waals surface area contributed by atoms with Gasteiger partial charge in [0, 0.05) is 51.5 Å². The smallest absolute Gasteiger partial charge is 0.301 e. The number of rotatable bonds is 4. The molecule has 0 aliphatic carbocycles. The standard InChI is InChI=1S/C16H23F3N4O2S/c1-2-21-7-9-22(10-8-21)13-5-6-23(12-13)26(24,25)14-3-4-15(20-11-14)16(17,18)19/h3-4,11,13H,2,5-10,12H2,1H3/t13-/m1/s1. The first-order valence-corrected chi connectivity index (χ1v) is 10.2. The average Bonchev–Trinajstić information content (AvgIpc) is 3.12. The second-order valence-corrected chi connectivity index (χ2v) is 8.59. The van der Waals surface area contributed by atoms with Gasteiger partial charge in [-0.25, -0.2) is 8.42 Å². The van der Waals surface area contributed by atoms with Crippen molar-refractivity contribution in [2.75, 3.05) is 45.8 Å². The van der Waals surface area contributed by atoms with Crippen LogP contribution in [0.15, 0.2) is 23.2 Å². The topological polar surface area (TPSA) is 56.8 Å². The predicted molar refractivity (Wildman–Crippen MR) is 90.1 cm³/mol. The Bertz CT molecular complexity index is 716. The van der Waals surface area contributed by atoms with E-state index in [1.54, 1.807) is 0 Å². The monoisotopic (exact) mass is 392 g/mol. The lowest BCUT2D eigenvalue weighted by atomic mass is 10.2. The van der Waals surface area contributed by atoms with E-state index >= 15 is 0 Å². The van der Waals surface area contributed by atoms with Crippen LogP contribution in [-0.4, -0.2) is 79.4 Å². The number of pyridine rings is 1. The molecule has 2 fully saturated rings. The number of piperazine rings is 1. The highest BCUT2D eigenvalue weighted by molar-refractivity contribution is 7.89. The van der Waals surface area contributed by atoms with E-state index in [1.807, 2.05) is 0 Å². The molecular weight excluding hydrogens is 369 g/mol. The van der Waals surface area contributed by atoms with Crippen LogP contribution in [0.4, 0.5) is 13.2 Å². The molecule has 1 aromatic heterocycles. The number of sulfonamides is 1. The summed E-state index contributed by atoms with van der Waals surface area (Å²) in [5.74, 6) is 0. The van der Waals surface area contributed by atoms with Crippen molar-refractivity contribution < 1.29 is 21.6 Å². The van der Waals surface area contributed by atoms with Crippen molar-refractivity contribution in [1.29, 1.82) is 0 Å². The SMILES string of the molecule is CCN1CCN([C@@H]2CCN(S(=O)(=O)c3ccc(C(F)(F)F)nc3)C2)CC1. The van der Waals surface area contributed by atoms with E-state index < -0.39 is 21.9 Å². The molecule has 2 aliphatic heterocycles. The normalized spacial score (nSPS) is 24.2.